The largest absolute Gasteiger partial charge is 0.481 e. The van der Waals surface area contributed by atoms with Crippen LogP contribution < -0.4 is 10.5 Å². The van der Waals surface area contributed by atoms with E-state index in [1.165, 1.54) is 18.2 Å². The van der Waals surface area contributed by atoms with Crippen LogP contribution in [-0.2, 0) is 22.4 Å². The van der Waals surface area contributed by atoms with Gasteiger partial charge in [-0.1, -0.05) is 0 Å². The number of fused-ring (bicyclic) bond motifs is 1. The van der Waals surface area contributed by atoms with E-state index in [4.69, 9.17) is 10.5 Å². The summed E-state index contributed by atoms with van der Waals surface area (Å²) in [5.74, 6) is 0.261. The number of ether oxygens (including phenoxy) is 2. The van der Waals surface area contributed by atoms with Gasteiger partial charge < -0.3 is 15.2 Å². The zero-order chi connectivity index (χ0) is 12.4. The zero-order valence-corrected chi connectivity index (χ0v) is 12.3. The van der Waals surface area contributed by atoms with Gasteiger partial charge in [0.2, 0.25) is 0 Å². The number of rotatable bonds is 3. The van der Waals surface area contributed by atoms with Gasteiger partial charge in [0.05, 0.1) is 11.6 Å². The van der Waals surface area contributed by atoms with Crippen molar-refractivity contribution >= 4 is 34.3 Å². The van der Waals surface area contributed by atoms with Crippen molar-refractivity contribution in [3.63, 3.8) is 0 Å². The van der Waals surface area contributed by atoms with Crippen molar-refractivity contribution in [3.05, 3.63) is 27.7 Å². The van der Waals surface area contributed by atoms with Crippen LogP contribution >= 0.6 is 28.3 Å². The molecule has 0 bridgehead atoms. The standard InChI is InChI=1S/C12H14BrNO3.ClH/c1-16-12(15)6-17-11-5-8-3-9(14)2-7(8)4-10(11)13;/h4-5,9H,2-3,6,14H2,1H3;1H. The van der Waals surface area contributed by atoms with E-state index in [1.807, 2.05) is 12.1 Å². The number of hydrogen-bond acceptors (Lipinski definition) is 4. The van der Waals surface area contributed by atoms with Gasteiger partial charge in [0.25, 0.3) is 0 Å². The summed E-state index contributed by atoms with van der Waals surface area (Å²) in [6.45, 7) is -0.0834. The Morgan fingerprint density at radius 2 is 2.06 bits per heavy atom. The van der Waals surface area contributed by atoms with Crippen LogP contribution in [0.15, 0.2) is 16.6 Å². The second-order valence-electron chi connectivity index (χ2n) is 4.08. The Morgan fingerprint density at radius 1 is 1.44 bits per heavy atom. The Hall–Kier alpha value is -0.780. The lowest BCUT2D eigenvalue weighted by atomic mass is 10.1. The fraction of sp³-hybridized carbons (Fsp3) is 0.417. The number of benzene rings is 1. The Balaban J connectivity index is 0.00000162. The summed E-state index contributed by atoms with van der Waals surface area (Å²) < 4.78 is 10.8. The van der Waals surface area contributed by atoms with Crippen LogP contribution in [0.4, 0.5) is 0 Å². The first-order valence-electron chi connectivity index (χ1n) is 5.36. The van der Waals surface area contributed by atoms with Crippen molar-refractivity contribution in [3.8, 4) is 5.75 Å². The molecular weight excluding hydrogens is 321 g/mol. The monoisotopic (exact) mass is 335 g/mol. The summed E-state index contributed by atoms with van der Waals surface area (Å²) in [5.41, 5.74) is 8.34. The summed E-state index contributed by atoms with van der Waals surface area (Å²) in [6.07, 6.45) is 1.75. The van der Waals surface area contributed by atoms with Gasteiger partial charge in [-0.05, 0) is 52.0 Å². The SMILES string of the molecule is COC(=O)COc1cc2c(cc1Br)CC(N)C2.Cl. The van der Waals surface area contributed by atoms with Crippen LogP contribution in [0.1, 0.15) is 11.1 Å². The van der Waals surface area contributed by atoms with E-state index in [-0.39, 0.29) is 25.1 Å². The van der Waals surface area contributed by atoms with Gasteiger partial charge in [-0.3, -0.25) is 0 Å². The highest BCUT2D eigenvalue weighted by Gasteiger charge is 2.20. The van der Waals surface area contributed by atoms with Gasteiger partial charge in [0.15, 0.2) is 6.61 Å². The molecule has 0 aliphatic heterocycles. The lowest BCUT2D eigenvalue weighted by Gasteiger charge is -2.09. The van der Waals surface area contributed by atoms with Crippen LogP contribution in [0.25, 0.3) is 0 Å². The summed E-state index contributed by atoms with van der Waals surface area (Å²) >= 11 is 3.42. The number of nitrogens with two attached hydrogens (primary N) is 1. The molecule has 100 valence electrons. The molecule has 6 heteroatoms. The molecule has 1 aliphatic carbocycles. The summed E-state index contributed by atoms with van der Waals surface area (Å²) in [5, 5.41) is 0. The molecule has 18 heavy (non-hydrogen) atoms. The lowest BCUT2D eigenvalue weighted by Crippen LogP contribution is -2.19. The van der Waals surface area contributed by atoms with Gasteiger partial charge >= 0.3 is 5.97 Å². The van der Waals surface area contributed by atoms with Crippen LogP contribution in [0, 0.1) is 0 Å². The Kier molecular flexibility index (Phi) is 5.44. The number of esters is 1. The van der Waals surface area contributed by atoms with Crippen LogP contribution in [0.5, 0.6) is 5.75 Å². The maximum absolute atomic E-state index is 11.0. The van der Waals surface area contributed by atoms with Crippen molar-refractivity contribution in [2.45, 2.75) is 18.9 Å². The van der Waals surface area contributed by atoms with Gasteiger partial charge in [-0.25, -0.2) is 4.79 Å². The minimum atomic E-state index is -0.394. The molecule has 1 aliphatic rings. The average Bonchev–Trinajstić information content (AvgIpc) is 2.64. The average molecular weight is 337 g/mol. The maximum atomic E-state index is 11.0. The molecule has 0 radical (unpaired) electrons. The molecule has 0 fully saturated rings. The summed E-state index contributed by atoms with van der Waals surface area (Å²) in [6, 6.07) is 4.14. The summed E-state index contributed by atoms with van der Waals surface area (Å²) in [7, 11) is 1.34. The molecule has 1 unspecified atom stereocenters. The molecule has 0 heterocycles. The van der Waals surface area contributed by atoms with Crippen molar-refractivity contribution in [2.24, 2.45) is 5.73 Å². The van der Waals surface area contributed by atoms with Gasteiger partial charge in [-0.15, -0.1) is 12.4 Å². The molecular formula is C12H15BrClNO3. The highest BCUT2D eigenvalue weighted by molar-refractivity contribution is 9.10. The summed E-state index contributed by atoms with van der Waals surface area (Å²) in [4.78, 5) is 11.0. The van der Waals surface area contributed by atoms with E-state index in [9.17, 15) is 4.79 Å². The van der Waals surface area contributed by atoms with E-state index < -0.39 is 5.97 Å². The fourth-order valence-electron chi connectivity index (χ4n) is 1.96. The predicted molar refractivity (Wildman–Crippen MR) is 74.3 cm³/mol. The third kappa shape index (κ3) is 3.37. The number of carbonyl (C=O) groups is 1. The molecule has 2 rings (SSSR count). The third-order valence-electron chi connectivity index (χ3n) is 2.79. The topological polar surface area (TPSA) is 61.5 Å². The van der Waals surface area contributed by atoms with E-state index in [0.717, 1.165) is 17.3 Å². The minimum Gasteiger partial charge on any atom is -0.481 e. The number of carbonyl (C=O) groups excluding carboxylic acids is 1. The van der Waals surface area contributed by atoms with Crippen molar-refractivity contribution in [1.29, 1.82) is 0 Å². The molecule has 0 amide bonds. The molecule has 0 saturated heterocycles. The minimum absolute atomic E-state index is 0. The second-order valence-corrected chi connectivity index (χ2v) is 4.94. The first kappa shape index (κ1) is 15.3. The van der Waals surface area contributed by atoms with E-state index >= 15 is 0 Å². The quantitative estimate of drug-likeness (QED) is 0.856. The van der Waals surface area contributed by atoms with E-state index in [2.05, 4.69) is 20.7 Å². The molecule has 4 nitrogen and oxygen atoms in total. The fourth-order valence-corrected chi connectivity index (χ4v) is 2.47. The van der Waals surface area contributed by atoms with Crippen LogP contribution in [0.3, 0.4) is 0 Å². The molecule has 1 atom stereocenters. The number of hydrogen-bond donors (Lipinski definition) is 1. The normalized spacial score (nSPS) is 16.7. The van der Waals surface area contributed by atoms with Crippen molar-refractivity contribution < 1.29 is 14.3 Å². The molecule has 0 saturated carbocycles. The molecule has 1 aromatic rings. The molecule has 2 N–H and O–H groups in total. The zero-order valence-electron chi connectivity index (χ0n) is 9.94. The number of methoxy groups -OCH3 is 1. The second kappa shape index (κ2) is 6.41. The molecule has 1 aromatic carbocycles. The Morgan fingerprint density at radius 3 is 2.67 bits per heavy atom. The van der Waals surface area contributed by atoms with Crippen LogP contribution in [-0.4, -0.2) is 25.7 Å². The Labute approximate surface area is 120 Å². The van der Waals surface area contributed by atoms with Gasteiger partial charge in [0, 0.05) is 6.04 Å². The lowest BCUT2D eigenvalue weighted by molar-refractivity contribution is -0.142. The first-order valence-corrected chi connectivity index (χ1v) is 6.16. The highest BCUT2D eigenvalue weighted by atomic mass is 79.9. The van der Waals surface area contributed by atoms with Crippen molar-refractivity contribution in [1.82, 2.24) is 0 Å². The van der Waals surface area contributed by atoms with Gasteiger partial charge in [0.1, 0.15) is 5.75 Å². The number of halogens is 2. The third-order valence-corrected chi connectivity index (χ3v) is 3.41. The van der Waals surface area contributed by atoms with E-state index in [0.29, 0.717) is 5.75 Å². The van der Waals surface area contributed by atoms with Crippen molar-refractivity contribution in [2.75, 3.05) is 13.7 Å². The molecule has 0 spiro atoms. The highest BCUT2D eigenvalue weighted by Crippen LogP contribution is 2.33. The van der Waals surface area contributed by atoms with Crippen LogP contribution in [0.2, 0.25) is 0 Å². The van der Waals surface area contributed by atoms with Gasteiger partial charge in [-0.2, -0.15) is 0 Å². The predicted octanol–water partition coefficient (Wildman–Crippen LogP) is 1.85. The first-order chi connectivity index (χ1) is 8.10. The van der Waals surface area contributed by atoms with E-state index in [1.54, 1.807) is 0 Å². The molecule has 0 aromatic heterocycles. The Bertz CT molecular complexity index is 453. The maximum Gasteiger partial charge on any atom is 0.343 e. The smallest absolute Gasteiger partial charge is 0.343 e.